The molecule has 2 N–H and O–H groups in total. The molecule has 106 valence electrons. The number of rotatable bonds is 2. The number of hydrogen-bond acceptors (Lipinski definition) is 2. The van der Waals surface area contributed by atoms with Crippen LogP contribution in [-0.4, -0.2) is 9.55 Å². The number of imidazole rings is 1. The van der Waals surface area contributed by atoms with E-state index < -0.39 is 0 Å². The van der Waals surface area contributed by atoms with Gasteiger partial charge in [0.25, 0.3) is 0 Å². The van der Waals surface area contributed by atoms with E-state index in [9.17, 15) is 0 Å². The summed E-state index contributed by atoms with van der Waals surface area (Å²) in [7, 11) is 0. The lowest BCUT2D eigenvalue weighted by atomic mass is 10.1. The standard InChI is InChI=1S/C17H16IN3/c1-10-2-7-16-15(8-10)20-17(21(16)12-4-5-12)13-9-11(18)3-6-14(13)19/h2-3,6-9,12H,4-5,19H2,1H3. The average Bonchev–Trinajstić information content (AvgIpc) is 3.22. The average molecular weight is 389 g/mol. The fraction of sp³-hybridized carbons (Fsp3) is 0.235. The summed E-state index contributed by atoms with van der Waals surface area (Å²) in [5.41, 5.74) is 11.6. The predicted molar refractivity (Wildman–Crippen MR) is 95.3 cm³/mol. The van der Waals surface area contributed by atoms with Gasteiger partial charge in [-0.05, 0) is 78.3 Å². The monoisotopic (exact) mass is 389 g/mol. The quantitative estimate of drug-likeness (QED) is 0.517. The minimum Gasteiger partial charge on any atom is -0.398 e. The van der Waals surface area contributed by atoms with Crippen LogP contribution in [0.1, 0.15) is 24.4 Å². The molecule has 2 aromatic carbocycles. The first-order valence-corrected chi connectivity index (χ1v) is 8.25. The zero-order valence-electron chi connectivity index (χ0n) is 11.8. The summed E-state index contributed by atoms with van der Waals surface area (Å²) in [5, 5.41) is 0. The Morgan fingerprint density at radius 3 is 2.76 bits per heavy atom. The maximum absolute atomic E-state index is 6.21. The lowest BCUT2D eigenvalue weighted by molar-refractivity contribution is 0.775. The SMILES string of the molecule is Cc1ccc2c(c1)nc(-c1cc(I)ccc1N)n2C1CC1. The molecule has 1 heterocycles. The minimum absolute atomic E-state index is 0.574. The second-order valence-electron chi connectivity index (χ2n) is 5.76. The van der Waals surface area contributed by atoms with Gasteiger partial charge in [0.15, 0.2) is 0 Å². The van der Waals surface area contributed by atoms with E-state index in [1.54, 1.807) is 0 Å². The summed E-state index contributed by atoms with van der Waals surface area (Å²) in [6.45, 7) is 2.11. The van der Waals surface area contributed by atoms with Crippen molar-refractivity contribution in [2.24, 2.45) is 0 Å². The lowest BCUT2D eigenvalue weighted by Crippen LogP contribution is -2.00. The van der Waals surface area contributed by atoms with Gasteiger partial charge in [0.1, 0.15) is 5.82 Å². The Morgan fingerprint density at radius 2 is 2.00 bits per heavy atom. The number of nitrogens with two attached hydrogens (primary N) is 1. The van der Waals surface area contributed by atoms with Crippen molar-refractivity contribution >= 4 is 39.3 Å². The third-order valence-electron chi connectivity index (χ3n) is 4.01. The Bertz CT molecular complexity index is 847. The van der Waals surface area contributed by atoms with E-state index >= 15 is 0 Å². The Labute approximate surface area is 137 Å². The third-order valence-corrected chi connectivity index (χ3v) is 4.68. The van der Waals surface area contributed by atoms with Crippen LogP contribution < -0.4 is 5.73 Å². The summed E-state index contributed by atoms with van der Waals surface area (Å²) < 4.78 is 3.55. The van der Waals surface area contributed by atoms with Gasteiger partial charge in [0.2, 0.25) is 0 Å². The van der Waals surface area contributed by atoms with Crippen LogP contribution in [0.25, 0.3) is 22.4 Å². The van der Waals surface area contributed by atoms with Gasteiger partial charge in [0.05, 0.1) is 11.0 Å². The van der Waals surface area contributed by atoms with Crippen LogP contribution in [0.3, 0.4) is 0 Å². The molecule has 4 heteroatoms. The van der Waals surface area contributed by atoms with E-state index in [-0.39, 0.29) is 0 Å². The number of aromatic nitrogens is 2. The van der Waals surface area contributed by atoms with E-state index in [0.717, 1.165) is 22.6 Å². The molecular formula is C17H16IN3. The summed E-state index contributed by atoms with van der Waals surface area (Å²) in [5.74, 6) is 1.01. The van der Waals surface area contributed by atoms with Gasteiger partial charge in [-0.3, -0.25) is 0 Å². The molecule has 1 fully saturated rings. The predicted octanol–water partition coefficient (Wildman–Crippen LogP) is 4.53. The largest absolute Gasteiger partial charge is 0.398 e. The number of fused-ring (bicyclic) bond motifs is 1. The summed E-state index contributed by atoms with van der Waals surface area (Å²) in [4.78, 5) is 4.89. The maximum atomic E-state index is 6.21. The fourth-order valence-corrected chi connectivity index (χ4v) is 3.31. The van der Waals surface area contributed by atoms with Crippen molar-refractivity contribution in [3.8, 4) is 11.4 Å². The molecule has 1 aliphatic rings. The van der Waals surface area contributed by atoms with Crippen LogP contribution >= 0.6 is 22.6 Å². The molecule has 3 aromatic rings. The molecule has 0 atom stereocenters. The number of aryl methyl sites for hydroxylation is 1. The first-order valence-electron chi connectivity index (χ1n) is 7.17. The third kappa shape index (κ3) is 2.21. The van der Waals surface area contributed by atoms with Crippen LogP contribution in [0.2, 0.25) is 0 Å². The zero-order chi connectivity index (χ0) is 14.6. The highest BCUT2D eigenvalue weighted by atomic mass is 127. The van der Waals surface area contributed by atoms with Crippen molar-refractivity contribution in [1.82, 2.24) is 9.55 Å². The maximum Gasteiger partial charge on any atom is 0.143 e. The normalized spacial score (nSPS) is 14.8. The lowest BCUT2D eigenvalue weighted by Gasteiger charge is -2.10. The molecule has 0 spiro atoms. The summed E-state index contributed by atoms with van der Waals surface area (Å²) >= 11 is 2.32. The topological polar surface area (TPSA) is 43.8 Å². The number of halogens is 1. The minimum atomic E-state index is 0.574. The summed E-state index contributed by atoms with van der Waals surface area (Å²) in [6.07, 6.45) is 2.46. The second-order valence-corrected chi connectivity index (χ2v) is 7.01. The van der Waals surface area contributed by atoms with Crippen molar-refractivity contribution in [1.29, 1.82) is 0 Å². The molecule has 1 saturated carbocycles. The highest BCUT2D eigenvalue weighted by Gasteiger charge is 2.29. The van der Waals surface area contributed by atoms with Gasteiger partial charge >= 0.3 is 0 Å². The number of hydrogen-bond donors (Lipinski definition) is 1. The molecule has 1 aromatic heterocycles. The molecular weight excluding hydrogens is 373 g/mol. The first kappa shape index (κ1) is 13.1. The van der Waals surface area contributed by atoms with Gasteiger partial charge in [-0.2, -0.15) is 0 Å². The van der Waals surface area contributed by atoms with Crippen molar-refractivity contribution in [2.75, 3.05) is 5.73 Å². The fourth-order valence-electron chi connectivity index (χ4n) is 2.82. The number of nitrogen functional groups attached to an aromatic ring is 1. The molecule has 0 bridgehead atoms. The molecule has 4 rings (SSSR count). The summed E-state index contributed by atoms with van der Waals surface area (Å²) in [6, 6.07) is 13.2. The van der Waals surface area contributed by atoms with Crippen molar-refractivity contribution in [3.05, 3.63) is 45.5 Å². The van der Waals surface area contributed by atoms with Gasteiger partial charge in [0, 0.05) is 20.9 Å². The zero-order valence-corrected chi connectivity index (χ0v) is 14.0. The van der Waals surface area contributed by atoms with Crippen LogP contribution in [0.15, 0.2) is 36.4 Å². The molecule has 0 saturated heterocycles. The van der Waals surface area contributed by atoms with Gasteiger partial charge < -0.3 is 10.3 Å². The molecule has 0 unspecified atom stereocenters. The highest BCUT2D eigenvalue weighted by molar-refractivity contribution is 14.1. The smallest absolute Gasteiger partial charge is 0.143 e. The van der Waals surface area contributed by atoms with E-state index in [2.05, 4.69) is 58.3 Å². The number of nitrogens with zero attached hydrogens (tertiary/aromatic N) is 2. The van der Waals surface area contributed by atoms with Crippen molar-refractivity contribution in [3.63, 3.8) is 0 Å². The molecule has 1 aliphatic carbocycles. The van der Waals surface area contributed by atoms with E-state index in [1.165, 1.54) is 27.5 Å². The number of benzene rings is 2. The van der Waals surface area contributed by atoms with Crippen LogP contribution in [-0.2, 0) is 0 Å². The molecule has 0 aliphatic heterocycles. The van der Waals surface area contributed by atoms with E-state index in [0.29, 0.717) is 6.04 Å². The van der Waals surface area contributed by atoms with Gasteiger partial charge in [-0.15, -0.1) is 0 Å². The van der Waals surface area contributed by atoms with Crippen LogP contribution in [0.5, 0.6) is 0 Å². The van der Waals surface area contributed by atoms with Crippen LogP contribution in [0.4, 0.5) is 5.69 Å². The molecule has 3 nitrogen and oxygen atoms in total. The highest BCUT2D eigenvalue weighted by Crippen LogP contribution is 2.42. The Balaban J connectivity index is 2.03. The van der Waals surface area contributed by atoms with Crippen LogP contribution in [0, 0.1) is 10.5 Å². The molecule has 21 heavy (non-hydrogen) atoms. The van der Waals surface area contributed by atoms with Crippen molar-refractivity contribution < 1.29 is 0 Å². The number of anilines is 1. The second kappa shape index (κ2) is 4.73. The molecule has 0 radical (unpaired) electrons. The van der Waals surface area contributed by atoms with E-state index in [4.69, 9.17) is 10.7 Å². The first-order chi connectivity index (χ1) is 10.1. The van der Waals surface area contributed by atoms with Gasteiger partial charge in [-0.1, -0.05) is 6.07 Å². The molecule has 0 amide bonds. The Kier molecular flexibility index (Phi) is 2.96. The van der Waals surface area contributed by atoms with E-state index in [1.807, 2.05) is 12.1 Å². The Morgan fingerprint density at radius 1 is 1.19 bits per heavy atom. The Hall–Kier alpha value is -1.56. The van der Waals surface area contributed by atoms with Gasteiger partial charge in [-0.25, -0.2) is 4.98 Å². The van der Waals surface area contributed by atoms with Crippen molar-refractivity contribution in [2.45, 2.75) is 25.8 Å².